The van der Waals surface area contributed by atoms with Crippen molar-refractivity contribution >= 4 is 27.4 Å². The molecule has 0 atom stereocenters. The lowest BCUT2D eigenvalue weighted by atomic mass is 10.1. The van der Waals surface area contributed by atoms with Crippen LogP contribution in [-0.2, 0) is 7.05 Å². The van der Waals surface area contributed by atoms with Crippen molar-refractivity contribution in [1.82, 2.24) is 14.8 Å². The summed E-state index contributed by atoms with van der Waals surface area (Å²) in [4.78, 5) is 4.75. The third kappa shape index (κ3) is 2.29. The first-order chi connectivity index (χ1) is 11.1. The van der Waals surface area contributed by atoms with E-state index in [-0.39, 0.29) is 0 Å². The van der Waals surface area contributed by atoms with Gasteiger partial charge in [-0.05, 0) is 19.1 Å². The van der Waals surface area contributed by atoms with E-state index in [4.69, 9.17) is 10.7 Å². The van der Waals surface area contributed by atoms with Crippen LogP contribution in [0.4, 0.5) is 5.82 Å². The predicted molar refractivity (Wildman–Crippen MR) is 96.4 cm³/mol. The monoisotopic (exact) mass is 320 g/mol. The first-order valence-corrected chi connectivity index (χ1v) is 8.20. The second kappa shape index (κ2) is 5.21. The van der Waals surface area contributed by atoms with E-state index in [0.717, 1.165) is 32.0 Å². The quantitative estimate of drug-likeness (QED) is 0.600. The van der Waals surface area contributed by atoms with Gasteiger partial charge in [-0.3, -0.25) is 4.68 Å². The minimum Gasteiger partial charge on any atom is -0.383 e. The summed E-state index contributed by atoms with van der Waals surface area (Å²) in [6, 6.07) is 16.5. The summed E-state index contributed by atoms with van der Waals surface area (Å²) < 4.78 is 2.87. The number of nitrogen functional groups attached to an aromatic ring is 1. The second-order valence-electron chi connectivity index (χ2n) is 5.59. The Morgan fingerprint density at radius 1 is 1.04 bits per heavy atom. The number of anilines is 1. The van der Waals surface area contributed by atoms with Crippen LogP contribution in [0.2, 0.25) is 0 Å². The van der Waals surface area contributed by atoms with Crippen molar-refractivity contribution in [1.29, 1.82) is 0 Å². The van der Waals surface area contributed by atoms with Crippen LogP contribution in [0.25, 0.3) is 32.0 Å². The Labute approximate surface area is 138 Å². The van der Waals surface area contributed by atoms with Gasteiger partial charge in [-0.2, -0.15) is 5.10 Å². The summed E-state index contributed by atoms with van der Waals surface area (Å²) in [5.74, 6) is 0.639. The molecule has 0 saturated carbocycles. The summed E-state index contributed by atoms with van der Waals surface area (Å²) in [6.45, 7) is 2.07. The number of fused-ring (bicyclic) bond motifs is 1. The molecule has 2 aromatic heterocycles. The van der Waals surface area contributed by atoms with E-state index in [1.807, 2.05) is 25.2 Å². The van der Waals surface area contributed by atoms with Gasteiger partial charge in [-0.1, -0.05) is 42.0 Å². The third-order valence-electron chi connectivity index (χ3n) is 3.92. The molecule has 0 radical (unpaired) electrons. The van der Waals surface area contributed by atoms with E-state index >= 15 is 0 Å². The maximum Gasteiger partial charge on any atom is 0.132 e. The molecule has 0 spiro atoms. The fourth-order valence-electron chi connectivity index (χ4n) is 2.64. The van der Waals surface area contributed by atoms with Gasteiger partial charge < -0.3 is 5.73 Å². The van der Waals surface area contributed by atoms with E-state index in [2.05, 4.69) is 42.4 Å². The highest BCUT2D eigenvalue weighted by Crippen LogP contribution is 2.39. The minimum absolute atomic E-state index is 0.639. The lowest BCUT2D eigenvalue weighted by Gasteiger charge is -2.01. The Bertz CT molecular complexity index is 963. The smallest absolute Gasteiger partial charge is 0.132 e. The van der Waals surface area contributed by atoms with Crippen molar-refractivity contribution in [2.24, 2.45) is 7.05 Å². The summed E-state index contributed by atoms with van der Waals surface area (Å²) >= 11 is 1.65. The van der Waals surface area contributed by atoms with E-state index in [0.29, 0.717) is 5.82 Å². The Morgan fingerprint density at radius 3 is 2.52 bits per heavy atom. The fraction of sp³-hybridized carbons (Fsp3) is 0.111. The number of rotatable bonds is 2. The van der Waals surface area contributed by atoms with Crippen LogP contribution >= 0.6 is 11.3 Å². The largest absolute Gasteiger partial charge is 0.383 e. The first kappa shape index (κ1) is 14.0. The van der Waals surface area contributed by atoms with Gasteiger partial charge in [-0.25, -0.2) is 4.98 Å². The van der Waals surface area contributed by atoms with E-state index in [1.54, 1.807) is 16.0 Å². The fourth-order valence-corrected chi connectivity index (χ4v) is 3.66. The SMILES string of the molecule is Cc1ccc(-c2nn(C)c(N)c2-c2nc3ccccc3s2)cc1. The molecule has 0 aliphatic carbocycles. The predicted octanol–water partition coefficient (Wildman–Crippen LogP) is 4.25. The molecule has 0 bridgehead atoms. The molecule has 2 N–H and O–H groups in total. The van der Waals surface area contributed by atoms with Gasteiger partial charge >= 0.3 is 0 Å². The Kier molecular flexibility index (Phi) is 3.16. The van der Waals surface area contributed by atoms with Gasteiger partial charge in [0, 0.05) is 12.6 Å². The topological polar surface area (TPSA) is 56.7 Å². The average Bonchev–Trinajstić information content (AvgIpc) is 3.09. The molecule has 4 aromatic rings. The molecule has 0 aliphatic rings. The normalized spacial score (nSPS) is 11.2. The lowest BCUT2D eigenvalue weighted by molar-refractivity contribution is 0.782. The average molecular weight is 320 g/mol. The highest BCUT2D eigenvalue weighted by Gasteiger charge is 2.20. The van der Waals surface area contributed by atoms with Crippen molar-refractivity contribution in [3.8, 4) is 21.8 Å². The van der Waals surface area contributed by atoms with Gasteiger partial charge in [0.15, 0.2) is 0 Å². The molecular weight excluding hydrogens is 304 g/mol. The second-order valence-corrected chi connectivity index (χ2v) is 6.62. The summed E-state index contributed by atoms with van der Waals surface area (Å²) in [5.41, 5.74) is 11.4. The molecule has 5 heteroatoms. The van der Waals surface area contributed by atoms with Crippen LogP contribution in [-0.4, -0.2) is 14.8 Å². The molecule has 2 heterocycles. The standard InChI is InChI=1S/C18H16N4S/c1-11-7-9-12(10-8-11)16-15(17(19)22(2)21-16)18-20-13-5-3-4-6-14(13)23-18/h3-10H,19H2,1-2H3. The molecule has 0 fully saturated rings. The van der Waals surface area contributed by atoms with Crippen LogP contribution in [0.1, 0.15) is 5.56 Å². The van der Waals surface area contributed by atoms with Crippen LogP contribution in [0.15, 0.2) is 48.5 Å². The molecule has 23 heavy (non-hydrogen) atoms. The Morgan fingerprint density at radius 2 is 1.78 bits per heavy atom. The highest BCUT2D eigenvalue weighted by atomic mass is 32.1. The number of aryl methyl sites for hydroxylation is 2. The van der Waals surface area contributed by atoms with E-state index in [9.17, 15) is 0 Å². The van der Waals surface area contributed by atoms with E-state index in [1.165, 1.54) is 5.56 Å². The molecule has 0 amide bonds. The zero-order valence-corrected chi connectivity index (χ0v) is 13.8. The maximum absolute atomic E-state index is 6.29. The maximum atomic E-state index is 6.29. The van der Waals surface area contributed by atoms with Crippen molar-refractivity contribution in [3.63, 3.8) is 0 Å². The number of thiazole rings is 1. The van der Waals surface area contributed by atoms with Crippen molar-refractivity contribution < 1.29 is 0 Å². The molecule has 4 nitrogen and oxygen atoms in total. The van der Waals surface area contributed by atoms with Gasteiger partial charge in [0.2, 0.25) is 0 Å². The van der Waals surface area contributed by atoms with Gasteiger partial charge in [0.25, 0.3) is 0 Å². The highest BCUT2D eigenvalue weighted by molar-refractivity contribution is 7.21. The van der Waals surface area contributed by atoms with Crippen LogP contribution < -0.4 is 5.73 Å². The molecular formula is C18H16N4S. The molecule has 0 saturated heterocycles. The molecule has 2 aromatic carbocycles. The molecule has 4 rings (SSSR count). The summed E-state index contributed by atoms with van der Waals surface area (Å²) in [7, 11) is 1.86. The van der Waals surface area contributed by atoms with Crippen LogP contribution in [0.3, 0.4) is 0 Å². The van der Waals surface area contributed by atoms with Crippen molar-refractivity contribution in [2.75, 3.05) is 5.73 Å². The number of hydrogen-bond acceptors (Lipinski definition) is 4. The van der Waals surface area contributed by atoms with Crippen LogP contribution in [0.5, 0.6) is 0 Å². The van der Waals surface area contributed by atoms with Gasteiger partial charge in [0.05, 0.1) is 15.8 Å². The first-order valence-electron chi connectivity index (χ1n) is 7.39. The molecule has 114 valence electrons. The van der Waals surface area contributed by atoms with Gasteiger partial charge in [0.1, 0.15) is 16.5 Å². The number of hydrogen-bond donors (Lipinski definition) is 1. The third-order valence-corrected chi connectivity index (χ3v) is 4.98. The number of para-hydroxylation sites is 1. The Balaban J connectivity index is 1.95. The van der Waals surface area contributed by atoms with Crippen LogP contribution in [0, 0.1) is 6.92 Å². The zero-order chi connectivity index (χ0) is 16.0. The number of nitrogens with zero attached hydrogens (tertiary/aromatic N) is 3. The van der Waals surface area contributed by atoms with Gasteiger partial charge in [-0.15, -0.1) is 11.3 Å². The summed E-state index contributed by atoms with van der Waals surface area (Å²) in [5, 5.41) is 5.52. The molecule has 0 unspecified atom stereocenters. The van der Waals surface area contributed by atoms with Crippen molar-refractivity contribution in [2.45, 2.75) is 6.92 Å². The molecule has 0 aliphatic heterocycles. The summed E-state index contributed by atoms with van der Waals surface area (Å²) in [6.07, 6.45) is 0. The Hall–Kier alpha value is -2.66. The number of benzene rings is 2. The lowest BCUT2D eigenvalue weighted by Crippen LogP contribution is -1.97. The van der Waals surface area contributed by atoms with Crippen molar-refractivity contribution in [3.05, 3.63) is 54.1 Å². The van der Waals surface area contributed by atoms with E-state index < -0.39 is 0 Å². The number of nitrogens with two attached hydrogens (primary N) is 1. The minimum atomic E-state index is 0.639. The number of aromatic nitrogens is 3. The zero-order valence-electron chi connectivity index (χ0n) is 12.9.